The van der Waals surface area contributed by atoms with Gasteiger partial charge in [-0.1, -0.05) is 0 Å². The number of carbonyl (C=O) groups excluding carboxylic acids is 1. The molecule has 1 amide bonds. The summed E-state index contributed by atoms with van der Waals surface area (Å²) in [7, 11) is -2.84. The Morgan fingerprint density at radius 3 is 2.45 bits per heavy atom. The highest BCUT2D eigenvalue weighted by Crippen LogP contribution is 2.32. The van der Waals surface area contributed by atoms with Gasteiger partial charge in [-0.2, -0.15) is 0 Å². The lowest BCUT2D eigenvalue weighted by atomic mass is 9.87. The van der Waals surface area contributed by atoms with E-state index < -0.39 is 21.5 Å². The summed E-state index contributed by atoms with van der Waals surface area (Å²) in [4.78, 5) is 13.4. The van der Waals surface area contributed by atoms with Crippen molar-refractivity contribution in [1.29, 1.82) is 0 Å². The first-order valence-electron chi connectivity index (χ1n) is 6.90. The van der Waals surface area contributed by atoms with E-state index in [-0.39, 0.29) is 41.6 Å². The van der Waals surface area contributed by atoms with Gasteiger partial charge < -0.3 is 9.64 Å². The Morgan fingerprint density at radius 2 is 1.86 bits per heavy atom. The SMILES string of the molecule is O=C(COc1ccc(F)c(F)c1)N1CC(C2CS(=O)(=O)C2)C1. The lowest BCUT2D eigenvalue weighted by Gasteiger charge is -2.46. The van der Waals surface area contributed by atoms with Crippen molar-refractivity contribution in [2.45, 2.75) is 0 Å². The Hall–Kier alpha value is -1.70. The first-order valence-corrected chi connectivity index (χ1v) is 8.72. The van der Waals surface area contributed by atoms with Crippen molar-refractivity contribution in [2.75, 3.05) is 31.2 Å². The Labute approximate surface area is 126 Å². The fraction of sp³-hybridized carbons (Fsp3) is 0.500. The van der Waals surface area contributed by atoms with Gasteiger partial charge in [-0.3, -0.25) is 4.79 Å². The first kappa shape index (κ1) is 15.2. The fourth-order valence-electron chi connectivity index (χ4n) is 2.69. The molecule has 2 fully saturated rings. The topological polar surface area (TPSA) is 63.7 Å². The van der Waals surface area contributed by atoms with E-state index in [1.54, 1.807) is 4.90 Å². The van der Waals surface area contributed by atoms with E-state index in [9.17, 15) is 22.0 Å². The number of likely N-dealkylation sites (tertiary alicyclic amines) is 1. The molecule has 2 heterocycles. The number of hydrogen-bond acceptors (Lipinski definition) is 4. The Kier molecular flexibility index (Phi) is 3.80. The molecule has 5 nitrogen and oxygen atoms in total. The normalized spacial score (nSPS) is 21.1. The van der Waals surface area contributed by atoms with Crippen LogP contribution in [0.3, 0.4) is 0 Å². The third kappa shape index (κ3) is 3.06. The van der Waals surface area contributed by atoms with E-state index in [2.05, 4.69) is 0 Å². The third-order valence-electron chi connectivity index (χ3n) is 4.12. The number of nitrogens with zero attached hydrogens (tertiary/aromatic N) is 1. The molecule has 2 saturated heterocycles. The highest BCUT2D eigenvalue weighted by molar-refractivity contribution is 7.92. The second-order valence-electron chi connectivity index (χ2n) is 5.76. The smallest absolute Gasteiger partial charge is 0.260 e. The number of hydrogen-bond donors (Lipinski definition) is 0. The van der Waals surface area contributed by atoms with Crippen LogP contribution in [0.4, 0.5) is 8.78 Å². The molecule has 0 aliphatic carbocycles. The number of benzene rings is 1. The molecule has 0 spiro atoms. The molecule has 0 N–H and O–H groups in total. The van der Waals surface area contributed by atoms with E-state index in [4.69, 9.17) is 4.74 Å². The molecule has 1 aromatic rings. The van der Waals surface area contributed by atoms with Gasteiger partial charge >= 0.3 is 0 Å². The van der Waals surface area contributed by atoms with Crippen LogP contribution < -0.4 is 4.74 Å². The minimum Gasteiger partial charge on any atom is -0.484 e. The summed E-state index contributed by atoms with van der Waals surface area (Å²) in [6.45, 7) is 0.807. The van der Waals surface area contributed by atoms with E-state index in [0.717, 1.165) is 12.1 Å². The second kappa shape index (κ2) is 5.49. The molecule has 2 aliphatic heterocycles. The van der Waals surface area contributed by atoms with Gasteiger partial charge in [0.05, 0.1) is 11.5 Å². The summed E-state index contributed by atoms with van der Waals surface area (Å²) in [6, 6.07) is 3.08. The van der Waals surface area contributed by atoms with Crippen LogP contribution in [0.1, 0.15) is 0 Å². The minimum absolute atomic E-state index is 0.0920. The second-order valence-corrected chi connectivity index (χ2v) is 7.91. The maximum Gasteiger partial charge on any atom is 0.260 e. The van der Waals surface area contributed by atoms with Crippen molar-refractivity contribution >= 4 is 15.7 Å². The van der Waals surface area contributed by atoms with Gasteiger partial charge in [0, 0.05) is 19.2 Å². The predicted molar refractivity (Wildman–Crippen MR) is 74.1 cm³/mol. The summed E-state index contributed by atoms with van der Waals surface area (Å²) in [5, 5.41) is 0. The lowest BCUT2D eigenvalue weighted by molar-refractivity contribution is -0.140. The average molecular weight is 331 g/mol. The Balaban J connectivity index is 1.43. The largest absolute Gasteiger partial charge is 0.484 e. The predicted octanol–water partition coefficient (Wildman–Crippen LogP) is 0.847. The van der Waals surface area contributed by atoms with Gasteiger partial charge in [0.2, 0.25) is 0 Å². The zero-order valence-electron chi connectivity index (χ0n) is 11.7. The molecule has 0 aromatic heterocycles. The van der Waals surface area contributed by atoms with Crippen LogP contribution in [0.25, 0.3) is 0 Å². The molecule has 0 radical (unpaired) electrons. The number of ether oxygens (including phenoxy) is 1. The van der Waals surface area contributed by atoms with Crippen LogP contribution in [-0.2, 0) is 14.6 Å². The van der Waals surface area contributed by atoms with Gasteiger partial charge in [-0.05, 0) is 24.0 Å². The van der Waals surface area contributed by atoms with E-state index >= 15 is 0 Å². The molecule has 0 atom stereocenters. The molecule has 2 aliphatic rings. The van der Waals surface area contributed by atoms with Gasteiger partial charge in [0.1, 0.15) is 5.75 Å². The number of sulfone groups is 1. The third-order valence-corrected chi connectivity index (χ3v) is 5.99. The molecular weight excluding hydrogens is 316 g/mol. The van der Waals surface area contributed by atoms with Gasteiger partial charge in [-0.25, -0.2) is 17.2 Å². The molecule has 0 saturated carbocycles. The maximum absolute atomic E-state index is 13.0. The van der Waals surface area contributed by atoms with Crippen molar-refractivity contribution in [3.8, 4) is 5.75 Å². The zero-order valence-corrected chi connectivity index (χ0v) is 12.5. The molecule has 120 valence electrons. The highest BCUT2D eigenvalue weighted by atomic mass is 32.2. The van der Waals surface area contributed by atoms with Gasteiger partial charge in [0.15, 0.2) is 28.1 Å². The molecule has 1 aromatic carbocycles. The lowest BCUT2D eigenvalue weighted by Crippen LogP contribution is -2.58. The van der Waals surface area contributed by atoms with Crippen LogP contribution in [0.15, 0.2) is 18.2 Å². The number of carbonyl (C=O) groups is 1. The van der Waals surface area contributed by atoms with Crippen molar-refractivity contribution in [2.24, 2.45) is 11.8 Å². The Bertz CT molecular complexity index is 689. The summed E-state index contributed by atoms with van der Waals surface area (Å²) in [5.41, 5.74) is 0. The maximum atomic E-state index is 13.0. The molecule has 22 heavy (non-hydrogen) atoms. The van der Waals surface area contributed by atoms with Crippen molar-refractivity contribution in [3.63, 3.8) is 0 Å². The molecule has 8 heteroatoms. The minimum atomic E-state index is -2.84. The zero-order chi connectivity index (χ0) is 15.9. The quantitative estimate of drug-likeness (QED) is 0.820. The summed E-state index contributed by atoms with van der Waals surface area (Å²) in [5.74, 6) is -1.34. The van der Waals surface area contributed by atoms with Crippen LogP contribution in [0.5, 0.6) is 5.75 Å². The van der Waals surface area contributed by atoms with E-state index in [1.165, 1.54) is 6.07 Å². The monoisotopic (exact) mass is 331 g/mol. The van der Waals surface area contributed by atoms with Gasteiger partial charge in [-0.15, -0.1) is 0 Å². The van der Waals surface area contributed by atoms with E-state index in [1.807, 2.05) is 0 Å². The summed E-state index contributed by atoms with van der Waals surface area (Å²) in [6.07, 6.45) is 0. The number of halogens is 2. The Morgan fingerprint density at radius 1 is 1.18 bits per heavy atom. The molecule has 0 bridgehead atoms. The average Bonchev–Trinajstić information content (AvgIpc) is 2.36. The molecular formula is C14H15F2NO4S. The molecule has 3 rings (SSSR count). The standard InChI is InChI=1S/C14H15F2NO4S/c15-12-2-1-11(3-13(12)16)21-6-14(18)17-4-9(5-17)10-7-22(19,20)8-10/h1-3,9-10H,4-8H2. The highest BCUT2D eigenvalue weighted by Gasteiger charge is 2.44. The first-order chi connectivity index (χ1) is 10.3. The fourth-order valence-corrected chi connectivity index (χ4v) is 4.44. The number of amides is 1. The van der Waals surface area contributed by atoms with Crippen molar-refractivity contribution < 1.29 is 26.7 Å². The van der Waals surface area contributed by atoms with E-state index in [0.29, 0.717) is 13.1 Å². The summed E-state index contributed by atoms with van der Waals surface area (Å²) < 4.78 is 53.1. The van der Waals surface area contributed by atoms with Crippen molar-refractivity contribution in [3.05, 3.63) is 29.8 Å². The summed E-state index contributed by atoms with van der Waals surface area (Å²) >= 11 is 0. The van der Waals surface area contributed by atoms with Crippen LogP contribution in [-0.4, -0.2) is 50.4 Å². The van der Waals surface area contributed by atoms with Gasteiger partial charge in [0.25, 0.3) is 5.91 Å². The van der Waals surface area contributed by atoms with Crippen molar-refractivity contribution in [1.82, 2.24) is 4.90 Å². The number of rotatable bonds is 4. The van der Waals surface area contributed by atoms with Crippen LogP contribution in [0.2, 0.25) is 0 Å². The van der Waals surface area contributed by atoms with Crippen LogP contribution >= 0.6 is 0 Å². The molecule has 0 unspecified atom stereocenters. The van der Waals surface area contributed by atoms with Crippen LogP contribution in [0, 0.1) is 23.5 Å².